The Labute approximate surface area is 127 Å². The smallest absolute Gasteiger partial charge is 0.420 e. The second kappa shape index (κ2) is 6.88. The van der Waals surface area contributed by atoms with Crippen LogP contribution in [0.1, 0.15) is 31.7 Å². The number of hydrogen-bond acceptors (Lipinski definition) is 2. The average molecular weight is 322 g/mol. The molecule has 0 aliphatic carbocycles. The Bertz CT molecular complexity index is 472. The molecular weight excluding hydrogens is 303 g/mol. The molecule has 21 heavy (non-hydrogen) atoms. The van der Waals surface area contributed by atoms with Crippen LogP contribution in [0.4, 0.5) is 13.2 Å². The molecule has 1 aromatic rings. The number of halogens is 4. The maximum atomic E-state index is 13.1. The molecule has 2 nitrogen and oxygen atoms in total. The topological polar surface area (TPSA) is 21.3 Å². The first-order valence-electron chi connectivity index (χ1n) is 7.16. The van der Waals surface area contributed by atoms with Gasteiger partial charge in [0.05, 0.1) is 5.56 Å². The zero-order valence-corrected chi connectivity index (χ0v) is 12.6. The summed E-state index contributed by atoms with van der Waals surface area (Å²) in [6.45, 7) is 3.69. The van der Waals surface area contributed by atoms with E-state index in [4.69, 9.17) is 16.3 Å². The molecule has 0 saturated carbocycles. The lowest BCUT2D eigenvalue weighted by Gasteiger charge is -2.26. The standard InChI is InChI=1S/C15H19ClF3NO/c1-2-3-13(10-6-7-20-9-10)21-14-5-4-11(16)8-12(14)15(17,18)19/h4-5,8,10,13,20H,2-3,6-7,9H2,1H3. The van der Waals surface area contributed by atoms with Crippen molar-refractivity contribution in [1.29, 1.82) is 0 Å². The number of nitrogens with one attached hydrogen (secondary N) is 1. The highest BCUT2D eigenvalue weighted by atomic mass is 35.5. The maximum Gasteiger partial charge on any atom is 0.420 e. The lowest BCUT2D eigenvalue weighted by atomic mass is 9.97. The molecule has 1 aliphatic rings. The summed E-state index contributed by atoms with van der Waals surface area (Å²) in [4.78, 5) is 0. The van der Waals surface area contributed by atoms with E-state index >= 15 is 0 Å². The molecule has 1 saturated heterocycles. The predicted molar refractivity (Wildman–Crippen MR) is 76.8 cm³/mol. The number of alkyl halides is 3. The van der Waals surface area contributed by atoms with Gasteiger partial charge in [0.25, 0.3) is 0 Å². The SMILES string of the molecule is CCCC(Oc1ccc(Cl)cc1C(F)(F)F)C1CCNC1. The third-order valence-corrected chi connectivity index (χ3v) is 3.96. The van der Waals surface area contributed by atoms with Gasteiger partial charge in [-0.3, -0.25) is 0 Å². The van der Waals surface area contributed by atoms with E-state index in [-0.39, 0.29) is 22.8 Å². The van der Waals surface area contributed by atoms with Gasteiger partial charge in [-0.2, -0.15) is 13.2 Å². The van der Waals surface area contributed by atoms with Crippen LogP contribution in [0.15, 0.2) is 18.2 Å². The molecule has 0 aromatic heterocycles. The minimum atomic E-state index is -4.47. The van der Waals surface area contributed by atoms with Gasteiger partial charge in [0.1, 0.15) is 11.9 Å². The van der Waals surface area contributed by atoms with E-state index in [0.717, 1.165) is 38.4 Å². The van der Waals surface area contributed by atoms with Crippen LogP contribution >= 0.6 is 11.6 Å². The van der Waals surface area contributed by atoms with E-state index in [1.165, 1.54) is 12.1 Å². The Morgan fingerprint density at radius 2 is 2.19 bits per heavy atom. The molecule has 1 fully saturated rings. The van der Waals surface area contributed by atoms with Crippen LogP contribution in [0.3, 0.4) is 0 Å². The van der Waals surface area contributed by atoms with Crippen LogP contribution in [-0.4, -0.2) is 19.2 Å². The summed E-state index contributed by atoms with van der Waals surface area (Å²) in [5.41, 5.74) is -0.804. The van der Waals surface area contributed by atoms with Gasteiger partial charge in [-0.25, -0.2) is 0 Å². The van der Waals surface area contributed by atoms with Crippen molar-refractivity contribution in [3.63, 3.8) is 0 Å². The summed E-state index contributed by atoms with van der Waals surface area (Å²) in [7, 11) is 0. The van der Waals surface area contributed by atoms with E-state index < -0.39 is 11.7 Å². The van der Waals surface area contributed by atoms with Gasteiger partial charge in [0.15, 0.2) is 0 Å². The first-order valence-corrected chi connectivity index (χ1v) is 7.53. The normalized spacial score (nSPS) is 20.5. The monoisotopic (exact) mass is 321 g/mol. The Morgan fingerprint density at radius 1 is 1.43 bits per heavy atom. The van der Waals surface area contributed by atoms with Crippen LogP contribution in [0.25, 0.3) is 0 Å². The Balaban J connectivity index is 2.23. The van der Waals surface area contributed by atoms with Crippen molar-refractivity contribution in [1.82, 2.24) is 5.32 Å². The van der Waals surface area contributed by atoms with Crippen molar-refractivity contribution in [2.45, 2.75) is 38.5 Å². The lowest BCUT2D eigenvalue weighted by Crippen LogP contribution is -2.29. The van der Waals surface area contributed by atoms with E-state index in [1.807, 2.05) is 6.92 Å². The van der Waals surface area contributed by atoms with Gasteiger partial charge in [-0.1, -0.05) is 24.9 Å². The minimum absolute atomic E-state index is 0.0595. The van der Waals surface area contributed by atoms with Gasteiger partial charge in [0, 0.05) is 17.5 Å². The zero-order valence-electron chi connectivity index (χ0n) is 11.8. The largest absolute Gasteiger partial charge is 0.489 e. The average Bonchev–Trinajstić information content (AvgIpc) is 2.93. The molecule has 118 valence electrons. The molecule has 0 bridgehead atoms. The Morgan fingerprint density at radius 3 is 2.76 bits per heavy atom. The summed E-state index contributed by atoms with van der Waals surface area (Å²) in [6, 6.07) is 3.67. The summed E-state index contributed by atoms with van der Waals surface area (Å²) < 4.78 is 45.0. The molecule has 1 heterocycles. The maximum absolute atomic E-state index is 13.1. The number of hydrogen-bond donors (Lipinski definition) is 1. The van der Waals surface area contributed by atoms with E-state index in [0.29, 0.717) is 0 Å². The van der Waals surface area contributed by atoms with Crippen LogP contribution < -0.4 is 10.1 Å². The third-order valence-electron chi connectivity index (χ3n) is 3.72. The van der Waals surface area contributed by atoms with Gasteiger partial charge in [-0.05, 0) is 37.6 Å². The highest BCUT2D eigenvalue weighted by Crippen LogP contribution is 2.39. The number of ether oxygens (including phenoxy) is 1. The van der Waals surface area contributed by atoms with E-state index in [2.05, 4.69) is 5.32 Å². The fraction of sp³-hybridized carbons (Fsp3) is 0.600. The third kappa shape index (κ3) is 4.27. The Kier molecular flexibility index (Phi) is 5.38. The van der Waals surface area contributed by atoms with Crippen LogP contribution in [-0.2, 0) is 6.18 Å². The molecule has 1 aromatic carbocycles. The van der Waals surface area contributed by atoms with Crippen LogP contribution in [0.2, 0.25) is 5.02 Å². The summed E-state index contributed by atoms with van der Waals surface area (Å²) in [5, 5.41) is 3.29. The fourth-order valence-electron chi connectivity index (χ4n) is 2.66. The summed E-state index contributed by atoms with van der Waals surface area (Å²) in [6.07, 6.45) is -2.13. The second-order valence-electron chi connectivity index (χ2n) is 5.34. The highest BCUT2D eigenvalue weighted by molar-refractivity contribution is 6.30. The van der Waals surface area contributed by atoms with Crippen molar-refractivity contribution in [3.05, 3.63) is 28.8 Å². The molecule has 0 radical (unpaired) electrons. The fourth-order valence-corrected chi connectivity index (χ4v) is 2.83. The van der Waals surface area contributed by atoms with Crippen molar-refractivity contribution < 1.29 is 17.9 Å². The zero-order chi connectivity index (χ0) is 15.5. The second-order valence-corrected chi connectivity index (χ2v) is 5.77. The van der Waals surface area contributed by atoms with E-state index in [9.17, 15) is 13.2 Å². The molecule has 2 rings (SSSR count). The van der Waals surface area contributed by atoms with Crippen molar-refractivity contribution in [2.24, 2.45) is 5.92 Å². The first-order chi connectivity index (χ1) is 9.91. The summed E-state index contributed by atoms with van der Waals surface area (Å²) >= 11 is 5.68. The lowest BCUT2D eigenvalue weighted by molar-refractivity contribution is -0.139. The number of benzene rings is 1. The molecule has 1 aliphatic heterocycles. The summed E-state index contributed by atoms with van der Waals surface area (Å²) in [5.74, 6) is 0.124. The highest BCUT2D eigenvalue weighted by Gasteiger charge is 2.36. The van der Waals surface area contributed by atoms with Crippen LogP contribution in [0.5, 0.6) is 5.75 Å². The van der Waals surface area contributed by atoms with Gasteiger partial charge in [-0.15, -0.1) is 0 Å². The van der Waals surface area contributed by atoms with Gasteiger partial charge < -0.3 is 10.1 Å². The molecule has 0 spiro atoms. The van der Waals surface area contributed by atoms with Crippen molar-refractivity contribution >= 4 is 11.6 Å². The first kappa shape index (κ1) is 16.4. The van der Waals surface area contributed by atoms with Gasteiger partial charge >= 0.3 is 6.18 Å². The van der Waals surface area contributed by atoms with Crippen LogP contribution in [0, 0.1) is 5.92 Å². The van der Waals surface area contributed by atoms with Crippen molar-refractivity contribution in [3.8, 4) is 5.75 Å². The predicted octanol–water partition coefficient (Wildman–Crippen LogP) is 4.52. The molecular formula is C15H19ClF3NO. The quantitative estimate of drug-likeness (QED) is 0.861. The molecule has 0 amide bonds. The molecule has 6 heteroatoms. The Hall–Kier alpha value is -0.940. The van der Waals surface area contributed by atoms with Crippen molar-refractivity contribution in [2.75, 3.05) is 13.1 Å². The number of rotatable bonds is 5. The van der Waals surface area contributed by atoms with Gasteiger partial charge in [0.2, 0.25) is 0 Å². The molecule has 2 unspecified atom stereocenters. The van der Waals surface area contributed by atoms with E-state index in [1.54, 1.807) is 0 Å². The minimum Gasteiger partial charge on any atom is -0.489 e. The molecule has 1 N–H and O–H groups in total. The molecule has 2 atom stereocenters.